The molecule has 21 rings (SSSR count). The van der Waals surface area contributed by atoms with Crippen LogP contribution in [-0.4, -0.2) is 290 Å². The van der Waals surface area contributed by atoms with E-state index in [1.165, 1.54) is 73.7 Å². The van der Waals surface area contributed by atoms with Gasteiger partial charge in [0.05, 0.1) is 81.4 Å². The number of phosphoric ester groups is 1. The molecule has 9 fully saturated rings. The lowest BCUT2D eigenvalue weighted by atomic mass is 10.1. The Balaban J connectivity index is 0.000000129. The molecule has 21 heterocycles. The maximum atomic E-state index is 16.0. The third-order valence-corrected chi connectivity index (χ3v) is 29.6. The Labute approximate surface area is 749 Å². The van der Waals surface area contributed by atoms with Crippen LogP contribution in [0.1, 0.15) is 61.9 Å². The summed E-state index contributed by atoms with van der Waals surface area (Å²) in [5.41, 5.74) is 23.8. The van der Waals surface area contributed by atoms with Gasteiger partial charge in [0.15, 0.2) is 137 Å². The Morgan fingerprint density at radius 2 is 0.887 bits per heavy atom. The number of anilines is 4. The van der Waals surface area contributed by atoms with Crippen LogP contribution in [0.2, 0.25) is 0 Å². The number of H-pyrrole nitrogens is 2. The average Bonchev–Trinajstić information content (AvgIpc) is 1.62. The van der Waals surface area contributed by atoms with Gasteiger partial charge in [0.25, 0.3) is 21.2 Å². The number of nitrogens with one attached hydrogen (secondary N) is 4. The van der Waals surface area contributed by atoms with E-state index in [0.29, 0.717) is 11.2 Å². The number of halogens is 5. The first kappa shape index (κ1) is 92.4. The second-order valence-corrected chi connectivity index (χ2v) is 42.3. The number of hydrogen-bond donors (Lipinski definition) is 11. The minimum Gasteiger partial charge on any atom is -0.397 e. The minimum absolute atomic E-state index is 0.0238. The molecule has 56 nitrogen and oxygen atoms in total. The first-order valence-corrected chi connectivity index (χ1v) is 50.4. The molecular weight excluding hydrogens is 1960 g/mol. The van der Waals surface area contributed by atoms with E-state index in [0.717, 1.165) is 29.9 Å². The molecule has 6 bridgehead atoms. The SMILES string of the molecule is Cc1nc2c(ncn2C2OC3COP(=O)(O)OC4C(CNS(=O)(=O)OC2C3)OC(n2cnc3c(N)ncnc32)C4F)c(=O)[nH]1.Cc1nc2c(ncn2C2OC3COP(O)(=S)OC4C(CNS(=O)(=O)OC2C3F)OC(n2cnc3c(N)ncnc32)C4F)c(=O)[nH]1.Nc1ncnc2c1ncn2C1OC2COP(=O)(S)OC3C(F)C(CCS(=O)(=O)OC2C1F)OC3n1cnc2c(N)ccnc21. The van der Waals surface area contributed by atoms with E-state index < -0.39 is 250 Å². The first-order chi connectivity index (χ1) is 63.1. The summed E-state index contributed by atoms with van der Waals surface area (Å²) in [6.07, 6.45) is -25.8. The van der Waals surface area contributed by atoms with Crippen LogP contribution in [0.4, 0.5) is 45.1 Å². The number of imidazole rings is 6. The summed E-state index contributed by atoms with van der Waals surface area (Å²) in [6.45, 7) is -9.08. The summed E-state index contributed by atoms with van der Waals surface area (Å²) < 4.78 is 279. The smallest absolute Gasteiger partial charge is 0.397 e. The molecule has 714 valence electrons. The highest BCUT2D eigenvalue weighted by molar-refractivity contribution is 8.44. The average molecular weight is 2030 g/mol. The van der Waals surface area contributed by atoms with Crippen molar-refractivity contribution in [3.05, 3.63) is 102 Å². The second-order valence-electron chi connectivity index (χ2n) is 30.8. The number of aromatic amines is 2. The molecule has 9 saturated heterocycles. The molecule has 0 amide bonds. The molecule has 0 spiro atoms. The summed E-state index contributed by atoms with van der Waals surface area (Å²) in [6, 6.07) is 1.52. The van der Waals surface area contributed by atoms with E-state index >= 15 is 22.0 Å². The third kappa shape index (κ3) is 17.9. The van der Waals surface area contributed by atoms with Gasteiger partial charge in [0.1, 0.15) is 108 Å². The number of rotatable bonds is 6. The highest BCUT2D eigenvalue weighted by atomic mass is 32.7. The van der Waals surface area contributed by atoms with Gasteiger partial charge >= 0.3 is 41.9 Å². The van der Waals surface area contributed by atoms with E-state index in [1.807, 2.05) is 0 Å². The van der Waals surface area contributed by atoms with Crippen LogP contribution in [0.25, 0.3) is 67.0 Å². The first-order valence-electron chi connectivity index (χ1n) is 39.2. The van der Waals surface area contributed by atoms with Crippen molar-refractivity contribution in [3.8, 4) is 0 Å². The number of aryl methyl sites for hydroxylation is 2. The fourth-order valence-electron chi connectivity index (χ4n) is 16.2. The van der Waals surface area contributed by atoms with Crippen LogP contribution in [0.5, 0.6) is 0 Å². The quantitative estimate of drug-likeness (QED) is 0.0442. The summed E-state index contributed by atoms with van der Waals surface area (Å²) >= 11 is 9.11. The number of alkyl halides is 5. The zero-order chi connectivity index (χ0) is 93.8. The Morgan fingerprint density at radius 3 is 1.44 bits per heavy atom. The highest BCUT2D eigenvalue weighted by Crippen LogP contribution is 2.59. The van der Waals surface area contributed by atoms with E-state index in [1.54, 1.807) is 6.92 Å². The molecule has 26 atom stereocenters. The molecular formula is C64H71F5N29O27P3S5. The van der Waals surface area contributed by atoms with Crippen molar-refractivity contribution in [1.82, 2.24) is 122 Å². The van der Waals surface area contributed by atoms with Gasteiger partial charge in [-0.25, -0.2) is 114 Å². The number of hydrogen-bond acceptors (Lipinski definition) is 45. The van der Waals surface area contributed by atoms with Gasteiger partial charge in [0.2, 0.25) is 0 Å². The summed E-state index contributed by atoms with van der Waals surface area (Å²) in [5, 5.41) is 0. The monoisotopic (exact) mass is 2030 g/mol. The molecule has 133 heavy (non-hydrogen) atoms. The minimum atomic E-state index is -4.98. The fraction of sp³-hybridized carbons (Fsp3) is 0.516. The van der Waals surface area contributed by atoms with E-state index in [9.17, 15) is 53.8 Å². The largest absolute Gasteiger partial charge is 0.472 e. The number of nitrogens with two attached hydrogens (primary N) is 4. The van der Waals surface area contributed by atoms with Crippen molar-refractivity contribution in [2.45, 2.75) is 168 Å². The van der Waals surface area contributed by atoms with Crippen LogP contribution in [0.3, 0.4) is 0 Å². The van der Waals surface area contributed by atoms with Gasteiger partial charge in [-0.1, -0.05) is 12.2 Å². The lowest BCUT2D eigenvalue weighted by molar-refractivity contribution is -0.0487. The van der Waals surface area contributed by atoms with Crippen LogP contribution < -0.4 is 43.5 Å². The van der Waals surface area contributed by atoms with Crippen LogP contribution in [0.15, 0.2) is 78.8 Å². The number of fused-ring (bicyclic) bond motifs is 15. The summed E-state index contributed by atoms with van der Waals surface area (Å²) in [7, 11) is -18.9. The molecule has 0 radical (unpaired) electrons. The maximum absolute atomic E-state index is 16.0. The Kier molecular flexibility index (Phi) is 24.4. The Bertz CT molecular complexity index is 7210. The molecule has 9 aliphatic rings. The lowest BCUT2D eigenvalue weighted by Gasteiger charge is -2.26. The maximum Gasteiger partial charge on any atom is 0.472 e. The van der Waals surface area contributed by atoms with Crippen LogP contribution in [-0.2, 0) is 120 Å². The van der Waals surface area contributed by atoms with Gasteiger partial charge in [-0.05, 0) is 38.1 Å². The molecule has 69 heteroatoms. The highest BCUT2D eigenvalue weighted by Gasteiger charge is 2.58. The van der Waals surface area contributed by atoms with Crippen molar-refractivity contribution in [2.24, 2.45) is 0 Å². The van der Waals surface area contributed by atoms with Crippen molar-refractivity contribution in [3.63, 3.8) is 0 Å². The standard InChI is InChI=1S/C22H24F2N9O8PS2.C21H23F2N10O9PS2.C21H24FN10O10PS/c23-12-10-2-4-44(35,36)41-16-11(39-21(13(16)24)32-8-31-15-18(26)28-6-29-20(15)32)5-37-42(34,43)40-17(12)22(38-10)33-7-30-14-9(25)1-3-27-19(14)33;1-7-30-18-13(19(34)31-7)28-6-33(18)21-15-10(22)9(40-21)3-38-43(35,44)41-14-8(2-29-45(36,37)42-15)39-20(11(14)23)32-5-27-12-16(24)25-4-26-17(12)32;1-8-29-18-14(19(33)30-8)27-7-32(18)20-10-2-9(39-20)4-38-43(34,35)41-15-11(3-28-44(36,37)42-10)40-21(12(15)22)31-6-26-13-16(23)24-5-25-17(13)31/h1,3,6-8,10-13,16-17,21-22H,2,4-5H2,(H2,25,27)(H,34,43)(H2,26,28,29);4-6,8-11,14-15,20-21,29H,2-3H2,1H3,(H,35,44)(H2,24,25,26)(H,30,31,34);5-7,9-12,15,20-21,28H,2-4H2,1H3,(H,34,35)(H2,23,24,25)(H,29,30,33). The van der Waals surface area contributed by atoms with Crippen molar-refractivity contribution < 1.29 is 134 Å². The Hall–Kier alpha value is -9.63. The Morgan fingerprint density at radius 1 is 0.451 bits per heavy atom. The van der Waals surface area contributed by atoms with Crippen molar-refractivity contribution in [2.75, 3.05) is 61.6 Å². The molecule has 12 aromatic heterocycles. The van der Waals surface area contributed by atoms with Crippen LogP contribution in [0, 0.1) is 13.8 Å². The number of nitrogen functional groups attached to an aromatic ring is 4. The predicted molar refractivity (Wildman–Crippen MR) is 442 cm³/mol. The summed E-state index contributed by atoms with van der Waals surface area (Å²) in [5.74, 6) is -0.209. The normalized spacial score (nSPS) is 35.3. The second kappa shape index (κ2) is 35.2. The molecule has 14 N–H and O–H groups in total. The number of thiol groups is 1. The lowest BCUT2D eigenvalue weighted by Crippen LogP contribution is -2.43. The number of nitrogens with zero attached hydrogens (tertiary/aromatic N) is 21. The van der Waals surface area contributed by atoms with E-state index in [-0.39, 0.29) is 97.0 Å². The fourth-order valence-corrected chi connectivity index (χ4v) is 23.1. The molecule has 12 aromatic rings. The van der Waals surface area contributed by atoms with Gasteiger partial charge in [-0.3, -0.25) is 63.8 Å². The number of phosphoric acid groups is 1. The van der Waals surface area contributed by atoms with E-state index in [4.69, 9.17) is 103 Å². The summed E-state index contributed by atoms with van der Waals surface area (Å²) in [4.78, 5) is 112. The zero-order valence-electron chi connectivity index (χ0n) is 67.4. The number of ether oxygens (including phenoxy) is 6. The molecule has 0 saturated carbocycles. The topological polar surface area (TPSA) is 732 Å². The van der Waals surface area contributed by atoms with Gasteiger partial charge in [-0.15, -0.1) is 0 Å². The molecule has 0 aromatic carbocycles. The van der Waals surface area contributed by atoms with Crippen molar-refractivity contribution in [1.29, 1.82) is 0 Å². The van der Waals surface area contributed by atoms with Gasteiger partial charge < -0.3 is 75.6 Å². The zero-order valence-corrected chi connectivity index (χ0v) is 74.2. The van der Waals surface area contributed by atoms with E-state index in [2.05, 4.69) is 106 Å². The third-order valence-electron chi connectivity index (χ3n) is 22.2. The van der Waals surface area contributed by atoms with Gasteiger partial charge in [-0.2, -0.15) is 34.7 Å². The number of pyridine rings is 1. The molecule has 9 aliphatic heterocycles. The molecule has 26 unspecified atom stereocenters. The predicted octanol–water partition coefficient (Wildman–Crippen LogP) is -0.254. The van der Waals surface area contributed by atoms with Crippen LogP contribution >= 0.6 is 33.6 Å². The number of aromatic nitrogens is 23. The van der Waals surface area contributed by atoms with Crippen molar-refractivity contribution >= 4 is 166 Å². The molecule has 0 aliphatic carbocycles. The van der Waals surface area contributed by atoms with Gasteiger partial charge in [0, 0.05) is 25.7 Å².